The average molecular weight is 268 g/mol. The van der Waals surface area contributed by atoms with E-state index in [1.54, 1.807) is 6.92 Å². The van der Waals surface area contributed by atoms with Gasteiger partial charge in [-0.05, 0) is 25.8 Å². The number of carboxylic acid groups (broad SMARTS) is 1. The first-order valence-corrected chi connectivity index (χ1v) is 5.80. The molecule has 0 aliphatic carbocycles. The first kappa shape index (κ1) is 13.3. The van der Waals surface area contributed by atoms with Gasteiger partial charge in [-0.15, -0.1) is 0 Å². The van der Waals surface area contributed by atoms with Crippen LogP contribution in [0.3, 0.4) is 0 Å². The Morgan fingerprint density at radius 3 is 2.79 bits per heavy atom. The number of nitro benzene ring substituents is 1. The summed E-state index contributed by atoms with van der Waals surface area (Å²) in [7, 11) is 0. The van der Waals surface area contributed by atoms with Crippen LogP contribution in [0.15, 0.2) is 18.2 Å². The van der Waals surface area contributed by atoms with Gasteiger partial charge in [-0.2, -0.15) is 0 Å². The van der Waals surface area contributed by atoms with Crippen LogP contribution in [0, 0.1) is 15.9 Å². The standard InChI is InChI=1S/C12H13FN2O4/c1-12(11(16)17)3-2-4-14(12)9-5-8(13)6-10(7-9)15(18)19/h5-7H,2-4H2,1H3,(H,16,17). The van der Waals surface area contributed by atoms with Crippen LogP contribution in [-0.2, 0) is 4.79 Å². The zero-order chi connectivity index (χ0) is 14.2. The predicted octanol–water partition coefficient (Wildman–Crippen LogP) is 2.18. The number of hydrogen-bond acceptors (Lipinski definition) is 4. The summed E-state index contributed by atoms with van der Waals surface area (Å²) in [4.78, 5) is 22.9. The Bertz CT molecular complexity index is 549. The summed E-state index contributed by atoms with van der Waals surface area (Å²) < 4.78 is 13.4. The maximum Gasteiger partial charge on any atom is 0.329 e. The van der Waals surface area contributed by atoms with Crippen molar-refractivity contribution in [1.82, 2.24) is 0 Å². The molecule has 0 amide bonds. The molecule has 1 fully saturated rings. The van der Waals surface area contributed by atoms with Crippen LogP contribution in [0.4, 0.5) is 15.8 Å². The van der Waals surface area contributed by atoms with Gasteiger partial charge in [-0.1, -0.05) is 0 Å². The number of non-ortho nitro benzene ring substituents is 1. The molecular formula is C12H13FN2O4. The molecule has 19 heavy (non-hydrogen) atoms. The van der Waals surface area contributed by atoms with Gasteiger partial charge in [0.05, 0.1) is 11.0 Å². The number of aliphatic carboxylic acids is 1. The molecule has 1 aliphatic rings. The fraction of sp³-hybridized carbons (Fsp3) is 0.417. The Balaban J connectivity index is 2.47. The highest BCUT2D eigenvalue weighted by molar-refractivity contribution is 5.84. The molecular weight excluding hydrogens is 255 g/mol. The summed E-state index contributed by atoms with van der Waals surface area (Å²) in [5.74, 6) is -1.76. The Morgan fingerprint density at radius 1 is 1.53 bits per heavy atom. The van der Waals surface area contributed by atoms with Crippen molar-refractivity contribution in [2.24, 2.45) is 0 Å². The van der Waals surface area contributed by atoms with E-state index in [2.05, 4.69) is 0 Å². The van der Waals surface area contributed by atoms with Gasteiger partial charge in [-0.25, -0.2) is 9.18 Å². The summed E-state index contributed by atoms with van der Waals surface area (Å²) in [5.41, 5.74) is -1.30. The fourth-order valence-corrected chi connectivity index (χ4v) is 2.42. The van der Waals surface area contributed by atoms with Crippen LogP contribution in [0.5, 0.6) is 0 Å². The van der Waals surface area contributed by atoms with Crippen molar-refractivity contribution in [3.63, 3.8) is 0 Å². The van der Waals surface area contributed by atoms with E-state index in [0.717, 1.165) is 12.1 Å². The predicted molar refractivity (Wildman–Crippen MR) is 65.7 cm³/mol. The maximum absolute atomic E-state index is 13.4. The van der Waals surface area contributed by atoms with Crippen molar-refractivity contribution in [3.05, 3.63) is 34.1 Å². The third kappa shape index (κ3) is 2.23. The molecule has 1 heterocycles. The van der Waals surface area contributed by atoms with Crippen LogP contribution in [0.25, 0.3) is 0 Å². The minimum Gasteiger partial charge on any atom is -0.480 e. The lowest BCUT2D eigenvalue weighted by atomic mass is 9.98. The first-order chi connectivity index (χ1) is 8.84. The number of rotatable bonds is 3. The zero-order valence-corrected chi connectivity index (χ0v) is 10.3. The molecule has 102 valence electrons. The van der Waals surface area contributed by atoms with Gasteiger partial charge in [0.1, 0.15) is 11.4 Å². The second kappa shape index (κ2) is 4.49. The molecule has 1 N–H and O–H groups in total. The number of carbonyl (C=O) groups is 1. The van der Waals surface area contributed by atoms with Crippen molar-refractivity contribution in [2.75, 3.05) is 11.4 Å². The highest BCUT2D eigenvalue weighted by Crippen LogP contribution is 2.36. The highest BCUT2D eigenvalue weighted by Gasteiger charge is 2.43. The molecule has 1 aromatic carbocycles. The monoisotopic (exact) mass is 268 g/mol. The first-order valence-electron chi connectivity index (χ1n) is 5.80. The van der Waals surface area contributed by atoms with Crippen LogP contribution in [0.1, 0.15) is 19.8 Å². The fourth-order valence-electron chi connectivity index (χ4n) is 2.42. The number of anilines is 1. The summed E-state index contributed by atoms with van der Waals surface area (Å²) in [6, 6.07) is 3.15. The van der Waals surface area contributed by atoms with Crippen molar-refractivity contribution in [3.8, 4) is 0 Å². The Kier molecular flexibility index (Phi) is 3.13. The van der Waals surface area contributed by atoms with E-state index >= 15 is 0 Å². The van der Waals surface area contributed by atoms with Crippen LogP contribution in [-0.4, -0.2) is 28.1 Å². The van der Waals surface area contributed by atoms with E-state index < -0.39 is 22.2 Å². The number of halogens is 1. The lowest BCUT2D eigenvalue weighted by molar-refractivity contribution is -0.385. The molecule has 1 aliphatic heterocycles. The molecule has 6 nitrogen and oxygen atoms in total. The summed E-state index contributed by atoms with van der Waals surface area (Å²) >= 11 is 0. The zero-order valence-electron chi connectivity index (χ0n) is 10.3. The molecule has 0 radical (unpaired) electrons. The third-order valence-electron chi connectivity index (χ3n) is 3.49. The summed E-state index contributed by atoms with van der Waals surface area (Å²) in [6.45, 7) is 1.97. The van der Waals surface area contributed by atoms with Crippen LogP contribution >= 0.6 is 0 Å². The largest absolute Gasteiger partial charge is 0.480 e. The SMILES string of the molecule is CC1(C(=O)O)CCCN1c1cc(F)cc([N+](=O)[O-])c1. The normalized spacial score (nSPS) is 22.5. The smallest absolute Gasteiger partial charge is 0.329 e. The van der Waals surface area contributed by atoms with Crippen molar-refractivity contribution < 1.29 is 19.2 Å². The number of carboxylic acids is 1. The van der Waals surface area contributed by atoms with E-state index in [4.69, 9.17) is 0 Å². The lowest BCUT2D eigenvalue weighted by Crippen LogP contribution is -2.48. The highest BCUT2D eigenvalue weighted by atomic mass is 19.1. The second-order valence-electron chi connectivity index (χ2n) is 4.76. The molecule has 1 aromatic rings. The average Bonchev–Trinajstić information content (AvgIpc) is 2.72. The number of nitrogens with zero attached hydrogens (tertiary/aromatic N) is 2. The van der Waals surface area contributed by atoms with Crippen LogP contribution in [0.2, 0.25) is 0 Å². The van der Waals surface area contributed by atoms with Gasteiger partial charge >= 0.3 is 5.97 Å². The third-order valence-corrected chi connectivity index (χ3v) is 3.49. The van der Waals surface area contributed by atoms with Crippen molar-refractivity contribution in [2.45, 2.75) is 25.3 Å². The lowest BCUT2D eigenvalue weighted by Gasteiger charge is -2.33. The topological polar surface area (TPSA) is 83.7 Å². The number of nitro groups is 1. The summed E-state index contributed by atoms with van der Waals surface area (Å²) in [6.07, 6.45) is 1.07. The minimum atomic E-state index is -1.15. The van der Waals surface area contributed by atoms with E-state index in [1.807, 2.05) is 0 Å². The van der Waals surface area contributed by atoms with Gasteiger partial charge in [0, 0.05) is 18.3 Å². The van der Waals surface area contributed by atoms with Crippen molar-refractivity contribution in [1.29, 1.82) is 0 Å². The molecule has 1 atom stereocenters. The molecule has 1 unspecified atom stereocenters. The van der Waals surface area contributed by atoms with Gasteiger partial charge in [0.25, 0.3) is 5.69 Å². The molecule has 7 heteroatoms. The molecule has 1 saturated heterocycles. The Morgan fingerprint density at radius 2 is 2.21 bits per heavy atom. The Labute approximate surface area is 108 Å². The van der Waals surface area contributed by atoms with E-state index in [9.17, 15) is 24.4 Å². The molecule has 0 bridgehead atoms. The van der Waals surface area contributed by atoms with E-state index in [1.165, 1.54) is 11.0 Å². The van der Waals surface area contributed by atoms with Gasteiger partial charge in [0.15, 0.2) is 0 Å². The molecule has 0 saturated carbocycles. The molecule has 0 aromatic heterocycles. The quantitative estimate of drug-likeness (QED) is 0.671. The summed E-state index contributed by atoms with van der Waals surface area (Å²) in [5, 5.41) is 20.0. The maximum atomic E-state index is 13.4. The number of benzene rings is 1. The van der Waals surface area contributed by atoms with E-state index in [-0.39, 0.29) is 11.4 Å². The van der Waals surface area contributed by atoms with Crippen molar-refractivity contribution >= 4 is 17.3 Å². The second-order valence-corrected chi connectivity index (χ2v) is 4.76. The minimum absolute atomic E-state index is 0.231. The molecule has 0 spiro atoms. The van der Waals surface area contributed by atoms with Crippen LogP contribution < -0.4 is 4.90 Å². The molecule has 2 rings (SSSR count). The van der Waals surface area contributed by atoms with E-state index in [0.29, 0.717) is 19.4 Å². The van der Waals surface area contributed by atoms with Gasteiger partial charge in [-0.3, -0.25) is 10.1 Å². The van der Waals surface area contributed by atoms with Gasteiger partial charge < -0.3 is 10.0 Å². The van der Waals surface area contributed by atoms with Gasteiger partial charge in [0.2, 0.25) is 0 Å². The number of hydrogen-bond donors (Lipinski definition) is 1. The Hall–Kier alpha value is -2.18.